The minimum atomic E-state index is -4.06. The fourth-order valence-corrected chi connectivity index (χ4v) is 4.72. The highest BCUT2D eigenvalue weighted by Gasteiger charge is 2.28. The highest BCUT2D eigenvalue weighted by Crippen LogP contribution is 2.29. The zero-order valence-electron chi connectivity index (χ0n) is 18.4. The number of para-hydroxylation sites is 1. The molecule has 0 aromatic heterocycles. The van der Waals surface area contributed by atoms with Gasteiger partial charge in [0.2, 0.25) is 5.91 Å². The number of morpholine rings is 1. The van der Waals surface area contributed by atoms with Gasteiger partial charge in [0.25, 0.3) is 15.9 Å². The van der Waals surface area contributed by atoms with Gasteiger partial charge in [-0.1, -0.05) is 12.1 Å². The minimum Gasteiger partial charge on any atom is -0.495 e. The van der Waals surface area contributed by atoms with Gasteiger partial charge in [-0.15, -0.1) is 0 Å². The molecule has 0 saturated carbocycles. The second kappa shape index (κ2) is 9.58. The Bertz CT molecular complexity index is 1110. The van der Waals surface area contributed by atoms with Crippen molar-refractivity contribution in [3.63, 3.8) is 0 Å². The van der Waals surface area contributed by atoms with Gasteiger partial charge in [-0.05, 0) is 44.2 Å². The lowest BCUT2D eigenvalue weighted by Gasteiger charge is -2.35. The number of nitrogens with zero attached hydrogens (tertiary/aromatic N) is 1. The fraction of sp³-hybridized carbons (Fsp3) is 0.364. The van der Waals surface area contributed by atoms with E-state index in [0.717, 1.165) is 0 Å². The van der Waals surface area contributed by atoms with Crippen molar-refractivity contribution < 1.29 is 27.5 Å². The summed E-state index contributed by atoms with van der Waals surface area (Å²) in [4.78, 5) is 26.2. The third-order valence-corrected chi connectivity index (χ3v) is 6.26. The molecule has 1 fully saturated rings. The van der Waals surface area contributed by atoms with Crippen LogP contribution < -0.4 is 14.8 Å². The first-order valence-electron chi connectivity index (χ1n) is 10.1. The first-order valence-corrected chi connectivity index (χ1v) is 11.6. The van der Waals surface area contributed by atoms with Crippen LogP contribution in [0.5, 0.6) is 5.75 Å². The number of methoxy groups -OCH3 is 1. The summed E-state index contributed by atoms with van der Waals surface area (Å²) < 4.78 is 39.5. The summed E-state index contributed by atoms with van der Waals surface area (Å²) in [7, 11) is -2.64. The third-order valence-electron chi connectivity index (χ3n) is 4.90. The van der Waals surface area contributed by atoms with Crippen molar-refractivity contribution in [2.45, 2.75) is 37.9 Å². The lowest BCUT2D eigenvalue weighted by molar-refractivity contribution is -0.114. The zero-order valence-corrected chi connectivity index (χ0v) is 19.2. The predicted molar refractivity (Wildman–Crippen MR) is 120 cm³/mol. The van der Waals surface area contributed by atoms with E-state index in [0.29, 0.717) is 18.8 Å². The molecule has 2 aromatic carbocycles. The summed E-state index contributed by atoms with van der Waals surface area (Å²) in [5, 5.41) is 2.55. The minimum absolute atomic E-state index is 0.0853. The molecular formula is C22H27N3O6S. The van der Waals surface area contributed by atoms with E-state index < -0.39 is 10.0 Å². The lowest BCUT2D eigenvalue weighted by atomic mass is 10.1. The van der Waals surface area contributed by atoms with Crippen molar-refractivity contribution >= 4 is 33.2 Å². The van der Waals surface area contributed by atoms with Crippen molar-refractivity contribution in [2.75, 3.05) is 30.2 Å². The van der Waals surface area contributed by atoms with Gasteiger partial charge in [-0.25, -0.2) is 8.42 Å². The van der Waals surface area contributed by atoms with Crippen LogP contribution in [0.25, 0.3) is 0 Å². The second-order valence-corrected chi connectivity index (χ2v) is 9.34. The Morgan fingerprint density at radius 3 is 2.34 bits per heavy atom. The largest absolute Gasteiger partial charge is 0.495 e. The summed E-state index contributed by atoms with van der Waals surface area (Å²) in [5.74, 6) is -0.319. The summed E-state index contributed by atoms with van der Waals surface area (Å²) >= 11 is 0. The van der Waals surface area contributed by atoms with Gasteiger partial charge in [0, 0.05) is 20.0 Å². The highest BCUT2D eigenvalue weighted by atomic mass is 32.2. The van der Waals surface area contributed by atoms with Crippen LogP contribution in [0.15, 0.2) is 47.4 Å². The molecule has 0 bridgehead atoms. The van der Waals surface area contributed by atoms with Gasteiger partial charge in [-0.2, -0.15) is 0 Å². The van der Waals surface area contributed by atoms with E-state index in [1.807, 2.05) is 13.8 Å². The van der Waals surface area contributed by atoms with Crippen LogP contribution in [0.1, 0.15) is 31.1 Å². The van der Waals surface area contributed by atoms with E-state index >= 15 is 0 Å². The average molecular weight is 462 g/mol. The maximum atomic E-state index is 13.2. The fourth-order valence-electron chi connectivity index (χ4n) is 3.62. The number of amides is 2. The number of carbonyl (C=O) groups excluding carboxylic acids is 2. The van der Waals surface area contributed by atoms with E-state index in [2.05, 4.69) is 10.0 Å². The molecule has 10 heteroatoms. The Balaban J connectivity index is 1.91. The van der Waals surface area contributed by atoms with Crippen LogP contribution in [-0.4, -0.2) is 57.5 Å². The molecular weight excluding hydrogens is 434 g/mol. The second-order valence-electron chi connectivity index (χ2n) is 7.66. The van der Waals surface area contributed by atoms with Crippen LogP contribution in [0.3, 0.4) is 0 Å². The molecule has 0 aliphatic carbocycles. The Hall–Kier alpha value is -3.11. The Morgan fingerprint density at radius 1 is 1.06 bits per heavy atom. The molecule has 1 aliphatic heterocycles. The van der Waals surface area contributed by atoms with Crippen molar-refractivity contribution in [3.8, 4) is 5.75 Å². The number of hydrogen-bond acceptors (Lipinski definition) is 6. The normalized spacial score (nSPS) is 18.7. The molecule has 2 N–H and O–H groups in total. The van der Waals surface area contributed by atoms with Gasteiger partial charge >= 0.3 is 0 Å². The first-order chi connectivity index (χ1) is 15.1. The van der Waals surface area contributed by atoms with Gasteiger partial charge in [-0.3, -0.25) is 14.3 Å². The van der Waals surface area contributed by atoms with E-state index in [4.69, 9.17) is 9.47 Å². The van der Waals surface area contributed by atoms with Crippen molar-refractivity contribution in [2.24, 2.45) is 0 Å². The maximum absolute atomic E-state index is 13.2. The van der Waals surface area contributed by atoms with Gasteiger partial charge in [0.15, 0.2) is 0 Å². The molecule has 2 atom stereocenters. The van der Waals surface area contributed by atoms with Crippen molar-refractivity contribution in [1.82, 2.24) is 4.90 Å². The number of rotatable bonds is 6. The molecule has 1 heterocycles. The molecule has 32 heavy (non-hydrogen) atoms. The lowest BCUT2D eigenvalue weighted by Crippen LogP contribution is -2.48. The van der Waals surface area contributed by atoms with Crippen LogP contribution in [-0.2, 0) is 19.6 Å². The van der Waals surface area contributed by atoms with Crippen LogP contribution in [0, 0.1) is 0 Å². The molecule has 2 amide bonds. The summed E-state index contributed by atoms with van der Waals surface area (Å²) in [6.07, 6.45) is -0.226. The van der Waals surface area contributed by atoms with Gasteiger partial charge in [0.1, 0.15) is 5.75 Å². The van der Waals surface area contributed by atoms with Gasteiger partial charge in [0.05, 0.1) is 41.2 Å². The number of anilines is 2. The average Bonchev–Trinajstić information content (AvgIpc) is 2.72. The quantitative estimate of drug-likeness (QED) is 0.684. The summed E-state index contributed by atoms with van der Waals surface area (Å²) in [5.41, 5.74) is 0.637. The smallest absolute Gasteiger partial charge is 0.261 e. The summed E-state index contributed by atoms with van der Waals surface area (Å²) in [6, 6.07) is 10.6. The van der Waals surface area contributed by atoms with E-state index in [9.17, 15) is 18.0 Å². The first kappa shape index (κ1) is 23.6. The van der Waals surface area contributed by atoms with Crippen LogP contribution >= 0.6 is 0 Å². The van der Waals surface area contributed by atoms with Crippen molar-refractivity contribution in [1.29, 1.82) is 0 Å². The molecule has 2 unspecified atom stereocenters. The maximum Gasteiger partial charge on any atom is 0.261 e. The number of nitrogens with one attached hydrogen (secondary N) is 2. The molecule has 0 spiro atoms. The molecule has 9 nitrogen and oxygen atoms in total. The Kier molecular flexibility index (Phi) is 7.05. The van der Waals surface area contributed by atoms with Crippen LogP contribution in [0.2, 0.25) is 0 Å². The van der Waals surface area contributed by atoms with Crippen LogP contribution in [0.4, 0.5) is 11.4 Å². The number of sulfonamides is 1. The Morgan fingerprint density at radius 2 is 1.72 bits per heavy atom. The van der Waals surface area contributed by atoms with E-state index in [-0.39, 0.29) is 45.9 Å². The standard InChI is InChI=1S/C22H27N3O6S/c1-14-12-25(13-15(2)31-14)22(27)18-7-5-6-8-19(18)24-32(28,29)17-9-10-21(30-4)20(11-17)23-16(3)26/h5-11,14-15,24H,12-13H2,1-4H3,(H,23,26). The molecule has 1 aliphatic rings. The van der Waals surface area contributed by atoms with E-state index in [1.165, 1.54) is 38.3 Å². The van der Waals surface area contributed by atoms with Gasteiger partial charge < -0.3 is 19.7 Å². The number of hydrogen-bond donors (Lipinski definition) is 2. The van der Waals surface area contributed by atoms with E-state index in [1.54, 1.807) is 23.1 Å². The molecule has 2 aromatic rings. The number of ether oxygens (including phenoxy) is 2. The molecule has 3 rings (SSSR count). The Labute approximate surface area is 187 Å². The SMILES string of the molecule is COc1ccc(S(=O)(=O)Nc2ccccc2C(=O)N2CC(C)OC(C)C2)cc1NC(C)=O. The predicted octanol–water partition coefficient (Wildman–Crippen LogP) is 2.70. The topological polar surface area (TPSA) is 114 Å². The highest BCUT2D eigenvalue weighted by molar-refractivity contribution is 7.92. The zero-order chi connectivity index (χ0) is 23.5. The molecule has 0 radical (unpaired) electrons. The third kappa shape index (κ3) is 5.38. The molecule has 172 valence electrons. The van der Waals surface area contributed by atoms with Crippen molar-refractivity contribution in [3.05, 3.63) is 48.0 Å². The number of carbonyl (C=O) groups is 2. The number of benzene rings is 2. The summed E-state index contributed by atoms with van der Waals surface area (Å²) in [6.45, 7) is 5.93. The monoisotopic (exact) mass is 461 g/mol. The molecule has 1 saturated heterocycles.